The number of guanidine groups is 1. The van der Waals surface area contributed by atoms with Gasteiger partial charge in [0.05, 0.1) is 19.3 Å². The molecule has 154 valence electrons. The predicted molar refractivity (Wildman–Crippen MR) is 123 cm³/mol. The van der Waals surface area contributed by atoms with Crippen LogP contribution in [0.15, 0.2) is 41.7 Å². The maximum absolute atomic E-state index is 5.94. The minimum absolute atomic E-state index is 0. The number of aliphatic imine (C=N–C) groups is 1. The first-order valence-electron chi connectivity index (χ1n) is 9.33. The van der Waals surface area contributed by atoms with Gasteiger partial charge < -0.3 is 19.9 Å². The molecule has 3 rings (SSSR count). The summed E-state index contributed by atoms with van der Waals surface area (Å²) in [6.07, 6.45) is 3.91. The molecule has 0 amide bonds. The zero-order valence-corrected chi connectivity index (χ0v) is 19.5. The zero-order chi connectivity index (χ0) is 19.2. The third-order valence-electron chi connectivity index (χ3n) is 4.62. The van der Waals surface area contributed by atoms with Gasteiger partial charge in [0.15, 0.2) is 5.96 Å². The van der Waals surface area contributed by atoms with E-state index in [1.54, 1.807) is 0 Å². The smallest absolute Gasteiger partial charge is 0.194 e. The maximum Gasteiger partial charge on any atom is 0.194 e. The Labute approximate surface area is 184 Å². The van der Waals surface area contributed by atoms with Gasteiger partial charge in [0.2, 0.25) is 0 Å². The van der Waals surface area contributed by atoms with E-state index in [1.165, 1.54) is 11.1 Å². The van der Waals surface area contributed by atoms with Gasteiger partial charge >= 0.3 is 0 Å². The molecule has 8 heteroatoms. The average molecular weight is 498 g/mol. The van der Waals surface area contributed by atoms with E-state index in [0.717, 1.165) is 37.7 Å². The molecular formula is C20H31IN6O. The Kier molecular flexibility index (Phi) is 8.71. The lowest BCUT2D eigenvalue weighted by Gasteiger charge is -2.34. The van der Waals surface area contributed by atoms with Crippen molar-refractivity contribution in [2.24, 2.45) is 12.0 Å². The number of benzene rings is 1. The quantitative estimate of drug-likeness (QED) is 0.390. The van der Waals surface area contributed by atoms with Gasteiger partial charge in [-0.2, -0.15) is 5.10 Å². The molecule has 1 aliphatic rings. The van der Waals surface area contributed by atoms with Crippen molar-refractivity contribution in [3.63, 3.8) is 0 Å². The van der Waals surface area contributed by atoms with Crippen molar-refractivity contribution in [1.29, 1.82) is 0 Å². The highest BCUT2D eigenvalue weighted by Gasteiger charge is 2.25. The van der Waals surface area contributed by atoms with Crippen LogP contribution < -0.4 is 5.32 Å². The van der Waals surface area contributed by atoms with Crippen LogP contribution in [0.25, 0.3) is 0 Å². The fraction of sp³-hybridized carbons (Fsp3) is 0.500. The number of ether oxygens (including phenoxy) is 1. The van der Waals surface area contributed by atoms with E-state index >= 15 is 0 Å². The molecule has 0 aliphatic carbocycles. The number of aromatic nitrogens is 2. The number of hydrogen-bond donors (Lipinski definition) is 1. The van der Waals surface area contributed by atoms with Crippen molar-refractivity contribution >= 4 is 29.9 Å². The van der Waals surface area contributed by atoms with Crippen LogP contribution in [0, 0.1) is 0 Å². The van der Waals surface area contributed by atoms with E-state index in [2.05, 4.69) is 63.6 Å². The van der Waals surface area contributed by atoms with Crippen LogP contribution in [0.3, 0.4) is 0 Å². The Hall–Kier alpha value is -1.65. The van der Waals surface area contributed by atoms with E-state index < -0.39 is 0 Å². The Morgan fingerprint density at radius 1 is 1.36 bits per heavy atom. The third kappa shape index (κ3) is 6.18. The third-order valence-corrected chi connectivity index (χ3v) is 4.62. The topological polar surface area (TPSA) is 57.9 Å². The second-order valence-corrected chi connectivity index (χ2v) is 7.21. The van der Waals surface area contributed by atoms with Crippen LogP contribution in [0.1, 0.15) is 22.8 Å². The summed E-state index contributed by atoms with van der Waals surface area (Å²) in [6.45, 7) is 3.98. The summed E-state index contributed by atoms with van der Waals surface area (Å²) in [6, 6.07) is 8.68. The molecule has 0 radical (unpaired) electrons. The summed E-state index contributed by atoms with van der Waals surface area (Å²) in [7, 11) is 7.93. The average Bonchev–Trinajstić information content (AvgIpc) is 3.09. The van der Waals surface area contributed by atoms with Crippen LogP contribution in [-0.4, -0.2) is 66.4 Å². The molecule has 1 aromatic heterocycles. The molecule has 2 aromatic rings. The standard InChI is InChI=1S/C20H30N6O.HI/c1-21-20(22-11-16-6-5-7-17(10-16)13-24(2)3)26-8-9-27-19(15-26)18-12-23-25(4)14-18;/h5-7,10,12,14,19H,8-9,11,13,15H2,1-4H3,(H,21,22);1H. The zero-order valence-electron chi connectivity index (χ0n) is 17.1. The largest absolute Gasteiger partial charge is 0.370 e. The first kappa shape index (κ1) is 22.6. The molecule has 1 aromatic carbocycles. The highest BCUT2D eigenvalue weighted by atomic mass is 127. The molecule has 1 aliphatic heterocycles. The van der Waals surface area contributed by atoms with E-state index in [9.17, 15) is 0 Å². The van der Waals surface area contributed by atoms with Crippen LogP contribution in [-0.2, 0) is 24.9 Å². The lowest BCUT2D eigenvalue weighted by molar-refractivity contribution is -0.00805. The fourth-order valence-electron chi connectivity index (χ4n) is 3.37. The minimum Gasteiger partial charge on any atom is -0.370 e. The highest BCUT2D eigenvalue weighted by molar-refractivity contribution is 14.0. The van der Waals surface area contributed by atoms with Gasteiger partial charge in [-0.05, 0) is 25.2 Å². The Morgan fingerprint density at radius 2 is 2.14 bits per heavy atom. The van der Waals surface area contributed by atoms with Gasteiger partial charge in [0, 0.05) is 45.5 Å². The molecule has 0 spiro atoms. The summed E-state index contributed by atoms with van der Waals surface area (Å²) >= 11 is 0. The molecule has 0 bridgehead atoms. The Balaban J connectivity index is 0.00000280. The maximum atomic E-state index is 5.94. The first-order chi connectivity index (χ1) is 13.0. The first-order valence-corrected chi connectivity index (χ1v) is 9.33. The van der Waals surface area contributed by atoms with Gasteiger partial charge in [-0.15, -0.1) is 24.0 Å². The van der Waals surface area contributed by atoms with E-state index in [0.29, 0.717) is 6.61 Å². The van der Waals surface area contributed by atoms with Gasteiger partial charge in [-0.1, -0.05) is 24.3 Å². The number of rotatable bonds is 5. The van der Waals surface area contributed by atoms with Crippen LogP contribution in [0.2, 0.25) is 0 Å². The molecule has 28 heavy (non-hydrogen) atoms. The van der Waals surface area contributed by atoms with Crippen molar-refractivity contribution in [2.75, 3.05) is 40.8 Å². The number of nitrogens with one attached hydrogen (secondary N) is 1. The summed E-state index contributed by atoms with van der Waals surface area (Å²) in [5, 5.41) is 7.75. The molecule has 1 fully saturated rings. The molecule has 1 N–H and O–H groups in total. The van der Waals surface area contributed by atoms with Crippen molar-refractivity contribution in [1.82, 2.24) is 24.9 Å². The second-order valence-electron chi connectivity index (χ2n) is 7.21. The van der Waals surface area contributed by atoms with Crippen LogP contribution in [0.4, 0.5) is 0 Å². The van der Waals surface area contributed by atoms with Gasteiger partial charge in [-0.3, -0.25) is 9.67 Å². The molecule has 7 nitrogen and oxygen atoms in total. The van der Waals surface area contributed by atoms with Gasteiger partial charge in [-0.25, -0.2) is 0 Å². The minimum atomic E-state index is 0. The Morgan fingerprint density at radius 3 is 2.82 bits per heavy atom. The van der Waals surface area contributed by atoms with Crippen molar-refractivity contribution < 1.29 is 4.74 Å². The lowest BCUT2D eigenvalue weighted by Crippen LogP contribution is -2.47. The molecule has 1 atom stereocenters. The number of hydrogen-bond acceptors (Lipinski definition) is 4. The number of aryl methyl sites for hydroxylation is 1. The summed E-state index contributed by atoms with van der Waals surface area (Å²) in [5.74, 6) is 0.908. The van der Waals surface area contributed by atoms with Gasteiger partial charge in [0.1, 0.15) is 6.10 Å². The Bertz CT molecular complexity index is 776. The molecule has 0 saturated carbocycles. The van der Waals surface area contributed by atoms with Crippen LogP contribution in [0.5, 0.6) is 0 Å². The highest BCUT2D eigenvalue weighted by Crippen LogP contribution is 2.21. The number of morpholine rings is 1. The second kappa shape index (κ2) is 10.8. The molecule has 2 heterocycles. The summed E-state index contributed by atoms with van der Waals surface area (Å²) in [4.78, 5) is 8.91. The normalized spacial score (nSPS) is 17.5. The number of halogens is 1. The lowest BCUT2D eigenvalue weighted by atomic mass is 10.1. The van der Waals surface area contributed by atoms with Crippen molar-refractivity contribution in [3.8, 4) is 0 Å². The SMILES string of the molecule is CN=C(NCc1cccc(CN(C)C)c1)N1CCOC(c2cnn(C)c2)C1.I. The summed E-state index contributed by atoms with van der Waals surface area (Å²) < 4.78 is 7.75. The van der Waals surface area contributed by atoms with E-state index in [1.807, 2.05) is 31.2 Å². The van der Waals surface area contributed by atoms with Gasteiger partial charge in [0.25, 0.3) is 0 Å². The van der Waals surface area contributed by atoms with E-state index in [-0.39, 0.29) is 30.1 Å². The molecule has 1 unspecified atom stereocenters. The predicted octanol–water partition coefficient (Wildman–Crippen LogP) is 2.25. The van der Waals surface area contributed by atoms with Crippen molar-refractivity contribution in [2.45, 2.75) is 19.2 Å². The van der Waals surface area contributed by atoms with Crippen LogP contribution >= 0.6 is 24.0 Å². The van der Waals surface area contributed by atoms with E-state index in [4.69, 9.17) is 4.74 Å². The summed E-state index contributed by atoms with van der Waals surface area (Å²) in [5.41, 5.74) is 3.68. The molecule has 1 saturated heterocycles. The monoisotopic (exact) mass is 498 g/mol. The fourth-order valence-corrected chi connectivity index (χ4v) is 3.37. The molecular weight excluding hydrogens is 467 g/mol. The number of nitrogens with zero attached hydrogens (tertiary/aromatic N) is 5. The van der Waals surface area contributed by atoms with Crippen molar-refractivity contribution in [3.05, 3.63) is 53.3 Å².